The zero-order valence-electron chi connectivity index (χ0n) is 8.83. The lowest BCUT2D eigenvalue weighted by Gasteiger charge is -2.28. The smallest absolute Gasteiger partial charge is 0.0630 e. The zero-order valence-corrected chi connectivity index (χ0v) is 8.83. The lowest BCUT2D eigenvalue weighted by atomic mass is 10.2. The van der Waals surface area contributed by atoms with Crippen LogP contribution in [0.5, 0.6) is 0 Å². The molecule has 0 spiro atoms. The molecule has 78 valence electrons. The van der Waals surface area contributed by atoms with E-state index in [1.165, 1.54) is 0 Å². The molecule has 2 N–H and O–H groups in total. The molecule has 0 saturated carbocycles. The van der Waals surface area contributed by atoms with Gasteiger partial charge in [-0.2, -0.15) is 0 Å². The summed E-state index contributed by atoms with van der Waals surface area (Å²) in [5.41, 5.74) is 5.66. The summed E-state index contributed by atoms with van der Waals surface area (Å²) in [5.74, 6) is 0. The normalized spacial score (nSPS) is 13.2. The van der Waals surface area contributed by atoms with Gasteiger partial charge < -0.3 is 10.5 Å². The standard InChI is InChI=1S/C10H22N2O/c1-4-6-12(7-5-2)10(8-11)9-13-3/h4,10H,1,5-9,11H2,2-3H3. The third kappa shape index (κ3) is 5.03. The van der Waals surface area contributed by atoms with Crippen molar-refractivity contribution in [2.45, 2.75) is 19.4 Å². The van der Waals surface area contributed by atoms with E-state index in [0.29, 0.717) is 19.2 Å². The predicted molar refractivity (Wildman–Crippen MR) is 56.8 cm³/mol. The summed E-state index contributed by atoms with van der Waals surface area (Å²) in [6.45, 7) is 9.18. The highest BCUT2D eigenvalue weighted by molar-refractivity contribution is 4.79. The van der Waals surface area contributed by atoms with Gasteiger partial charge in [0.05, 0.1) is 6.61 Å². The van der Waals surface area contributed by atoms with E-state index < -0.39 is 0 Å². The van der Waals surface area contributed by atoms with Crippen LogP contribution in [0, 0.1) is 0 Å². The Bertz CT molecular complexity index is 128. The molecule has 0 aliphatic rings. The molecule has 0 aliphatic heterocycles. The summed E-state index contributed by atoms with van der Waals surface area (Å²) in [5, 5.41) is 0. The van der Waals surface area contributed by atoms with Gasteiger partial charge >= 0.3 is 0 Å². The quantitative estimate of drug-likeness (QED) is 0.571. The summed E-state index contributed by atoms with van der Waals surface area (Å²) < 4.78 is 5.11. The van der Waals surface area contributed by atoms with Gasteiger partial charge in [-0.3, -0.25) is 4.90 Å². The fourth-order valence-corrected chi connectivity index (χ4v) is 1.39. The average Bonchev–Trinajstić information content (AvgIpc) is 2.14. The number of hydrogen-bond donors (Lipinski definition) is 1. The van der Waals surface area contributed by atoms with Crippen LogP contribution in [0.1, 0.15) is 13.3 Å². The molecule has 0 heterocycles. The lowest BCUT2D eigenvalue weighted by molar-refractivity contribution is 0.101. The minimum atomic E-state index is 0.322. The molecule has 0 amide bonds. The summed E-state index contributed by atoms with van der Waals surface area (Å²) in [6.07, 6.45) is 3.04. The third-order valence-corrected chi connectivity index (χ3v) is 2.02. The van der Waals surface area contributed by atoms with Crippen LogP contribution in [0.2, 0.25) is 0 Å². The molecule has 0 aromatic heterocycles. The molecule has 3 heteroatoms. The monoisotopic (exact) mass is 186 g/mol. The van der Waals surface area contributed by atoms with Gasteiger partial charge in [0.1, 0.15) is 0 Å². The highest BCUT2D eigenvalue weighted by Gasteiger charge is 2.14. The molecule has 0 bridgehead atoms. The molecular formula is C10H22N2O. The Kier molecular flexibility index (Phi) is 7.99. The van der Waals surface area contributed by atoms with Crippen molar-refractivity contribution in [2.75, 3.05) is 33.4 Å². The Morgan fingerprint density at radius 1 is 1.62 bits per heavy atom. The number of methoxy groups -OCH3 is 1. The number of nitrogens with zero attached hydrogens (tertiary/aromatic N) is 1. The first kappa shape index (κ1) is 12.6. The molecule has 0 rings (SSSR count). The molecule has 0 aromatic rings. The van der Waals surface area contributed by atoms with Crippen molar-refractivity contribution in [1.82, 2.24) is 4.90 Å². The topological polar surface area (TPSA) is 38.5 Å². The van der Waals surface area contributed by atoms with Gasteiger partial charge in [0.25, 0.3) is 0 Å². The summed E-state index contributed by atoms with van der Waals surface area (Å²) in [7, 11) is 1.71. The first-order valence-electron chi connectivity index (χ1n) is 4.84. The Labute approximate surface area is 81.5 Å². The number of rotatable bonds is 8. The highest BCUT2D eigenvalue weighted by Crippen LogP contribution is 2.00. The molecule has 0 saturated heterocycles. The van der Waals surface area contributed by atoms with E-state index in [4.69, 9.17) is 10.5 Å². The van der Waals surface area contributed by atoms with Crippen molar-refractivity contribution in [3.05, 3.63) is 12.7 Å². The molecular weight excluding hydrogens is 164 g/mol. The maximum absolute atomic E-state index is 5.66. The van der Waals surface area contributed by atoms with Crippen molar-refractivity contribution < 1.29 is 4.74 Å². The highest BCUT2D eigenvalue weighted by atomic mass is 16.5. The van der Waals surface area contributed by atoms with E-state index in [2.05, 4.69) is 18.4 Å². The van der Waals surface area contributed by atoms with Crippen LogP contribution in [0.3, 0.4) is 0 Å². The number of hydrogen-bond acceptors (Lipinski definition) is 3. The van der Waals surface area contributed by atoms with Crippen molar-refractivity contribution in [2.24, 2.45) is 5.73 Å². The Morgan fingerprint density at radius 3 is 2.69 bits per heavy atom. The summed E-state index contributed by atoms with van der Waals surface area (Å²) in [4.78, 5) is 2.30. The minimum Gasteiger partial charge on any atom is -0.383 e. The van der Waals surface area contributed by atoms with Crippen LogP contribution in [0.25, 0.3) is 0 Å². The maximum atomic E-state index is 5.66. The second kappa shape index (κ2) is 8.23. The third-order valence-electron chi connectivity index (χ3n) is 2.02. The van der Waals surface area contributed by atoms with Gasteiger partial charge in [0.2, 0.25) is 0 Å². The fraction of sp³-hybridized carbons (Fsp3) is 0.800. The van der Waals surface area contributed by atoms with Crippen molar-refractivity contribution >= 4 is 0 Å². The molecule has 13 heavy (non-hydrogen) atoms. The van der Waals surface area contributed by atoms with E-state index in [1.54, 1.807) is 7.11 Å². The largest absolute Gasteiger partial charge is 0.383 e. The van der Waals surface area contributed by atoms with E-state index in [0.717, 1.165) is 19.5 Å². The molecule has 0 fully saturated rings. The summed E-state index contributed by atoms with van der Waals surface area (Å²) in [6, 6.07) is 0.322. The molecule has 1 unspecified atom stereocenters. The van der Waals surface area contributed by atoms with Gasteiger partial charge in [-0.05, 0) is 13.0 Å². The van der Waals surface area contributed by atoms with Gasteiger partial charge in [0.15, 0.2) is 0 Å². The zero-order chi connectivity index (χ0) is 10.1. The minimum absolute atomic E-state index is 0.322. The average molecular weight is 186 g/mol. The van der Waals surface area contributed by atoms with Crippen LogP contribution in [-0.2, 0) is 4.74 Å². The number of ether oxygens (including phenoxy) is 1. The molecule has 3 nitrogen and oxygen atoms in total. The Balaban J connectivity index is 4.02. The predicted octanol–water partition coefficient (Wildman–Crippen LogP) is 0.858. The van der Waals surface area contributed by atoms with Gasteiger partial charge in [-0.1, -0.05) is 13.0 Å². The van der Waals surface area contributed by atoms with E-state index in [-0.39, 0.29) is 0 Å². The SMILES string of the molecule is C=CCN(CCC)C(CN)COC. The van der Waals surface area contributed by atoms with E-state index in [9.17, 15) is 0 Å². The lowest BCUT2D eigenvalue weighted by Crippen LogP contribution is -2.44. The van der Waals surface area contributed by atoms with Crippen molar-refractivity contribution in [1.29, 1.82) is 0 Å². The van der Waals surface area contributed by atoms with Gasteiger partial charge in [0, 0.05) is 26.2 Å². The molecule has 0 aromatic carbocycles. The Morgan fingerprint density at radius 2 is 2.31 bits per heavy atom. The number of nitrogens with two attached hydrogens (primary N) is 1. The second-order valence-electron chi connectivity index (χ2n) is 3.13. The van der Waals surface area contributed by atoms with Crippen molar-refractivity contribution in [3.63, 3.8) is 0 Å². The van der Waals surface area contributed by atoms with Gasteiger partial charge in [-0.25, -0.2) is 0 Å². The first-order chi connectivity index (χ1) is 6.29. The first-order valence-corrected chi connectivity index (χ1v) is 4.84. The van der Waals surface area contributed by atoms with E-state index in [1.807, 2.05) is 6.08 Å². The van der Waals surface area contributed by atoms with Crippen LogP contribution in [-0.4, -0.2) is 44.3 Å². The Hall–Kier alpha value is -0.380. The van der Waals surface area contributed by atoms with E-state index >= 15 is 0 Å². The van der Waals surface area contributed by atoms with Crippen LogP contribution < -0.4 is 5.73 Å². The molecule has 1 atom stereocenters. The van der Waals surface area contributed by atoms with Crippen molar-refractivity contribution in [3.8, 4) is 0 Å². The van der Waals surface area contributed by atoms with Crippen LogP contribution in [0.4, 0.5) is 0 Å². The molecule has 0 aliphatic carbocycles. The maximum Gasteiger partial charge on any atom is 0.0630 e. The summed E-state index contributed by atoms with van der Waals surface area (Å²) >= 11 is 0. The second-order valence-corrected chi connectivity index (χ2v) is 3.13. The van der Waals surface area contributed by atoms with Crippen LogP contribution >= 0.6 is 0 Å². The molecule has 0 radical (unpaired) electrons. The fourth-order valence-electron chi connectivity index (χ4n) is 1.39. The van der Waals surface area contributed by atoms with Gasteiger partial charge in [-0.15, -0.1) is 6.58 Å². The van der Waals surface area contributed by atoms with Crippen LogP contribution in [0.15, 0.2) is 12.7 Å².